The number of rotatable bonds is 6. The monoisotopic (exact) mass is 458 g/mol. The highest BCUT2D eigenvalue weighted by atomic mass is 19.4. The van der Waals surface area contributed by atoms with Crippen LogP contribution < -0.4 is 15.4 Å². The Morgan fingerprint density at radius 2 is 1.82 bits per heavy atom. The molecule has 1 aromatic heterocycles. The van der Waals surface area contributed by atoms with Crippen LogP contribution in [0.3, 0.4) is 0 Å². The van der Waals surface area contributed by atoms with Crippen LogP contribution in [0, 0.1) is 0 Å². The molecule has 9 heteroatoms. The first kappa shape index (κ1) is 22.7. The van der Waals surface area contributed by atoms with Crippen molar-refractivity contribution in [3.05, 3.63) is 77.0 Å². The Morgan fingerprint density at radius 1 is 1.15 bits per heavy atom. The zero-order valence-corrected chi connectivity index (χ0v) is 18.3. The van der Waals surface area contributed by atoms with Crippen molar-refractivity contribution in [1.82, 2.24) is 15.1 Å². The number of carbonyl (C=O) groups excluding carboxylic acids is 1. The van der Waals surface area contributed by atoms with E-state index in [0.29, 0.717) is 5.75 Å². The Balaban J connectivity index is 1.57. The molecule has 1 amide bonds. The number of benzene rings is 2. The highest BCUT2D eigenvalue weighted by Crippen LogP contribution is 2.44. The van der Waals surface area contributed by atoms with Gasteiger partial charge in [-0.15, -0.1) is 0 Å². The number of anilines is 1. The van der Waals surface area contributed by atoms with E-state index < -0.39 is 24.2 Å². The van der Waals surface area contributed by atoms with Crippen LogP contribution in [-0.4, -0.2) is 29.0 Å². The van der Waals surface area contributed by atoms with Crippen LogP contribution in [0.25, 0.3) is 0 Å². The summed E-state index contributed by atoms with van der Waals surface area (Å²) in [5.74, 6) is 0.263. The Labute approximate surface area is 189 Å². The summed E-state index contributed by atoms with van der Waals surface area (Å²) in [6.07, 6.45) is -2.68. The number of carbonyl (C=O) groups is 1. The summed E-state index contributed by atoms with van der Waals surface area (Å²) in [5.41, 5.74) is 2.75. The molecule has 4 rings (SSSR count). The van der Waals surface area contributed by atoms with Crippen molar-refractivity contribution in [3.8, 4) is 5.75 Å². The second kappa shape index (κ2) is 9.17. The zero-order chi connectivity index (χ0) is 23.6. The summed E-state index contributed by atoms with van der Waals surface area (Å²) < 4.78 is 47.6. The lowest BCUT2D eigenvalue weighted by atomic mass is 9.95. The predicted octanol–water partition coefficient (Wildman–Crippen LogP) is 5.04. The average molecular weight is 458 g/mol. The Kier molecular flexibility index (Phi) is 6.31. The SMILES string of the molecule is CCc1ccc([C@H]2C[C@H](C(F)(F)F)n3ncc(C(=O)NCc4ccc(OC)cc4)c3N2)cc1. The first-order chi connectivity index (χ1) is 15.8. The molecule has 174 valence electrons. The van der Waals surface area contributed by atoms with Crippen LogP contribution in [-0.2, 0) is 13.0 Å². The molecule has 2 N–H and O–H groups in total. The van der Waals surface area contributed by atoms with Crippen LogP contribution >= 0.6 is 0 Å². The molecule has 0 bridgehead atoms. The molecule has 1 aliphatic heterocycles. The van der Waals surface area contributed by atoms with Crippen molar-refractivity contribution in [2.45, 2.75) is 44.6 Å². The van der Waals surface area contributed by atoms with Gasteiger partial charge in [-0.2, -0.15) is 18.3 Å². The fourth-order valence-corrected chi connectivity index (χ4v) is 3.95. The fourth-order valence-electron chi connectivity index (χ4n) is 3.95. The molecule has 2 heterocycles. The van der Waals surface area contributed by atoms with E-state index in [1.807, 2.05) is 31.2 Å². The van der Waals surface area contributed by atoms with Gasteiger partial charge in [-0.1, -0.05) is 43.3 Å². The number of hydrogen-bond donors (Lipinski definition) is 2. The van der Waals surface area contributed by atoms with E-state index >= 15 is 0 Å². The molecule has 0 spiro atoms. The van der Waals surface area contributed by atoms with Crippen LogP contribution in [0.5, 0.6) is 5.75 Å². The van der Waals surface area contributed by atoms with Crippen molar-refractivity contribution in [2.75, 3.05) is 12.4 Å². The third-order valence-electron chi connectivity index (χ3n) is 5.89. The molecule has 3 aromatic rings. The third-order valence-corrected chi connectivity index (χ3v) is 5.89. The number of fused-ring (bicyclic) bond motifs is 1. The van der Waals surface area contributed by atoms with Crippen molar-refractivity contribution >= 4 is 11.7 Å². The molecule has 33 heavy (non-hydrogen) atoms. The Hall–Kier alpha value is -3.49. The van der Waals surface area contributed by atoms with Crippen molar-refractivity contribution in [3.63, 3.8) is 0 Å². The number of aryl methyl sites for hydroxylation is 1. The maximum absolute atomic E-state index is 13.9. The molecular weight excluding hydrogens is 433 g/mol. The van der Waals surface area contributed by atoms with Gasteiger partial charge in [0.2, 0.25) is 0 Å². The normalized spacial score (nSPS) is 17.7. The van der Waals surface area contributed by atoms with Crippen molar-refractivity contribution < 1.29 is 22.7 Å². The lowest BCUT2D eigenvalue weighted by molar-refractivity contribution is -0.173. The van der Waals surface area contributed by atoms with E-state index in [1.54, 1.807) is 31.4 Å². The van der Waals surface area contributed by atoms with E-state index in [2.05, 4.69) is 15.7 Å². The van der Waals surface area contributed by atoms with E-state index in [-0.39, 0.29) is 24.3 Å². The van der Waals surface area contributed by atoms with Gasteiger partial charge in [0.25, 0.3) is 5.91 Å². The average Bonchev–Trinajstić information content (AvgIpc) is 3.25. The molecule has 0 aliphatic carbocycles. The molecule has 2 aromatic carbocycles. The van der Waals surface area contributed by atoms with Crippen molar-refractivity contribution in [2.24, 2.45) is 0 Å². The summed E-state index contributed by atoms with van der Waals surface area (Å²) in [7, 11) is 1.56. The number of hydrogen-bond acceptors (Lipinski definition) is 4. The van der Waals surface area contributed by atoms with Gasteiger partial charge in [0.1, 0.15) is 17.1 Å². The molecule has 0 unspecified atom stereocenters. The van der Waals surface area contributed by atoms with Gasteiger partial charge in [0.15, 0.2) is 6.04 Å². The van der Waals surface area contributed by atoms with Gasteiger partial charge in [-0.05, 0) is 35.2 Å². The van der Waals surface area contributed by atoms with Gasteiger partial charge in [-0.3, -0.25) is 4.79 Å². The van der Waals surface area contributed by atoms with Gasteiger partial charge < -0.3 is 15.4 Å². The standard InChI is InChI=1S/C24H25F3N4O2/c1-3-15-4-8-17(9-5-15)20-12-21(24(25,26)27)31-22(30-20)19(14-29-31)23(32)28-13-16-6-10-18(33-2)11-7-16/h4-11,14,20-21,30H,3,12-13H2,1-2H3,(H,28,32)/t20-,21-/m1/s1. The van der Waals surface area contributed by atoms with Crippen molar-refractivity contribution in [1.29, 1.82) is 0 Å². The number of methoxy groups -OCH3 is 1. The summed E-state index contributed by atoms with van der Waals surface area (Å²) in [6, 6.07) is 12.2. The van der Waals surface area contributed by atoms with Gasteiger partial charge >= 0.3 is 6.18 Å². The van der Waals surface area contributed by atoms with E-state index in [4.69, 9.17) is 4.74 Å². The summed E-state index contributed by atoms with van der Waals surface area (Å²) in [5, 5.41) is 9.79. The molecule has 0 saturated heterocycles. The number of nitrogens with zero attached hydrogens (tertiary/aromatic N) is 2. The first-order valence-electron chi connectivity index (χ1n) is 10.7. The lowest BCUT2D eigenvalue weighted by Gasteiger charge is -2.34. The Bertz CT molecular complexity index is 1110. The molecular formula is C24H25F3N4O2. The largest absolute Gasteiger partial charge is 0.497 e. The quantitative estimate of drug-likeness (QED) is 0.543. The minimum Gasteiger partial charge on any atom is -0.497 e. The maximum Gasteiger partial charge on any atom is 0.410 e. The number of halogens is 3. The van der Waals surface area contributed by atoms with Gasteiger partial charge in [0, 0.05) is 13.0 Å². The number of ether oxygens (including phenoxy) is 1. The number of nitrogens with one attached hydrogen (secondary N) is 2. The second-order valence-corrected chi connectivity index (χ2v) is 7.97. The van der Waals surface area contributed by atoms with Crippen LogP contribution in [0.4, 0.5) is 19.0 Å². The zero-order valence-electron chi connectivity index (χ0n) is 18.3. The fraction of sp³-hybridized carbons (Fsp3) is 0.333. The lowest BCUT2D eigenvalue weighted by Crippen LogP contribution is -2.36. The first-order valence-corrected chi connectivity index (χ1v) is 10.7. The summed E-state index contributed by atoms with van der Waals surface area (Å²) >= 11 is 0. The molecule has 6 nitrogen and oxygen atoms in total. The van der Waals surface area contributed by atoms with Crippen LogP contribution in [0.15, 0.2) is 54.7 Å². The Morgan fingerprint density at radius 3 is 2.42 bits per heavy atom. The number of amides is 1. The molecule has 0 radical (unpaired) electrons. The topological polar surface area (TPSA) is 68.2 Å². The third kappa shape index (κ3) is 4.81. The highest BCUT2D eigenvalue weighted by Gasteiger charge is 2.47. The van der Waals surface area contributed by atoms with E-state index in [0.717, 1.165) is 27.8 Å². The smallest absolute Gasteiger partial charge is 0.410 e. The number of alkyl halides is 3. The van der Waals surface area contributed by atoms with E-state index in [9.17, 15) is 18.0 Å². The minimum absolute atomic E-state index is 0.0698. The molecule has 0 saturated carbocycles. The van der Waals surface area contributed by atoms with E-state index in [1.165, 1.54) is 6.20 Å². The second-order valence-electron chi connectivity index (χ2n) is 7.97. The predicted molar refractivity (Wildman–Crippen MR) is 118 cm³/mol. The van der Waals surface area contributed by atoms with Gasteiger partial charge in [0.05, 0.1) is 19.3 Å². The molecule has 1 aliphatic rings. The summed E-state index contributed by atoms with van der Waals surface area (Å²) in [6.45, 7) is 2.24. The maximum atomic E-state index is 13.9. The van der Waals surface area contributed by atoms with Crippen LogP contribution in [0.2, 0.25) is 0 Å². The summed E-state index contributed by atoms with van der Waals surface area (Å²) in [4.78, 5) is 12.8. The minimum atomic E-state index is -4.50. The highest BCUT2D eigenvalue weighted by molar-refractivity contribution is 5.98. The molecule has 0 fully saturated rings. The molecule has 2 atom stereocenters. The van der Waals surface area contributed by atoms with Gasteiger partial charge in [-0.25, -0.2) is 4.68 Å². The van der Waals surface area contributed by atoms with Crippen LogP contribution in [0.1, 0.15) is 52.5 Å². The number of aromatic nitrogens is 2.